The van der Waals surface area contributed by atoms with Crippen LogP contribution in [-0.4, -0.2) is 90.6 Å². The van der Waals surface area contributed by atoms with E-state index in [1.165, 1.54) is 17.4 Å². The molecule has 8 nitrogen and oxygen atoms in total. The number of piperidine rings is 2. The van der Waals surface area contributed by atoms with Crippen molar-refractivity contribution in [2.75, 3.05) is 63.6 Å². The van der Waals surface area contributed by atoms with E-state index in [9.17, 15) is 18.4 Å². The minimum Gasteiger partial charge on any atom is -0.383 e. The molecule has 46 heavy (non-hydrogen) atoms. The minimum atomic E-state index is -4.39. The zero-order valence-electron chi connectivity index (χ0n) is 27.0. The Hall–Kier alpha value is -3.77. The Kier molecular flexibility index (Phi) is 10.8. The molecule has 0 atom stereocenters. The van der Waals surface area contributed by atoms with E-state index in [0.717, 1.165) is 63.2 Å². The fourth-order valence-corrected chi connectivity index (χ4v) is 6.43. The molecule has 0 radical (unpaired) electrons. The van der Waals surface area contributed by atoms with Crippen molar-refractivity contribution in [2.24, 2.45) is 0 Å². The van der Waals surface area contributed by atoms with Crippen LogP contribution in [0.1, 0.15) is 50.9 Å². The molecule has 11 heteroatoms. The van der Waals surface area contributed by atoms with E-state index in [4.69, 9.17) is 4.74 Å². The number of nitrogens with one attached hydrogen (secondary N) is 2. The van der Waals surface area contributed by atoms with Crippen LogP contribution >= 0.6 is 0 Å². The number of likely N-dealkylation sites (tertiary alicyclic amines) is 2. The van der Waals surface area contributed by atoms with Crippen LogP contribution in [0.4, 0.5) is 24.5 Å². The lowest BCUT2D eigenvalue weighted by atomic mass is 9.91. The Labute approximate surface area is 269 Å². The third kappa shape index (κ3) is 8.52. The lowest BCUT2D eigenvalue weighted by Crippen LogP contribution is -2.49. The van der Waals surface area contributed by atoms with Crippen molar-refractivity contribution in [3.05, 3.63) is 54.0 Å². The zero-order chi connectivity index (χ0) is 32.7. The first kappa shape index (κ1) is 33.6. The van der Waals surface area contributed by atoms with Crippen molar-refractivity contribution in [2.45, 2.75) is 69.8 Å². The summed E-state index contributed by atoms with van der Waals surface area (Å²) >= 11 is 0. The van der Waals surface area contributed by atoms with Gasteiger partial charge in [0.05, 0.1) is 53.4 Å². The van der Waals surface area contributed by atoms with Gasteiger partial charge in [0.25, 0.3) is 0 Å². The van der Waals surface area contributed by atoms with Gasteiger partial charge in [-0.25, -0.2) is 0 Å². The van der Waals surface area contributed by atoms with Crippen LogP contribution < -0.4 is 10.6 Å². The van der Waals surface area contributed by atoms with Crippen LogP contribution in [0.5, 0.6) is 0 Å². The lowest BCUT2D eigenvalue weighted by Gasteiger charge is -2.42. The number of ether oxygens (including phenoxy) is 1. The van der Waals surface area contributed by atoms with E-state index in [-0.39, 0.29) is 12.6 Å². The summed E-state index contributed by atoms with van der Waals surface area (Å²) in [5, 5.41) is 16.9. The maximum atomic E-state index is 13.7. The molecule has 5 rings (SSSR count). The van der Waals surface area contributed by atoms with E-state index in [1.54, 1.807) is 45.4 Å². The number of anilines is 2. The van der Waals surface area contributed by atoms with E-state index in [0.29, 0.717) is 28.6 Å². The monoisotopic (exact) mass is 635 g/mol. The average Bonchev–Trinajstić information content (AvgIpc) is 3.39. The molecule has 0 saturated carbocycles. The summed E-state index contributed by atoms with van der Waals surface area (Å²) in [6.07, 6.45) is 1.58. The highest BCUT2D eigenvalue weighted by molar-refractivity contribution is 5.94. The highest BCUT2D eigenvalue weighted by Crippen LogP contribution is 2.32. The van der Waals surface area contributed by atoms with E-state index >= 15 is 0 Å². The standard InChI is InChI=1S/C35H44F3N7O/c1-34(2,24-39)33-10-9-27(23-41-33)40-15-5-6-29-22-30-31(7-4-8-32(30)45(29)25-35(36,37)38)42-26-11-18-44(19-12-26)28-13-16-43(17-14-28)20-21-46-3/h4,7-10,22-23,26,28,40,42H,11-21,25H2,1-3H3. The fraction of sp³-hybridized carbons (Fsp3) is 0.543. The molecule has 0 spiro atoms. The summed E-state index contributed by atoms with van der Waals surface area (Å²) in [5.41, 5.74) is 2.35. The van der Waals surface area contributed by atoms with Crippen molar-refractivity contribution in [1.29, 1.82) is 5.26 Å². The summed E-state index contributed by atoms with van der Waals surface area (Å²) in [5.74, 6) is 5.95. The predicted octanol–water partition coefficient (Wildman–Crippen LogP) is 5.85. The van der Waals surface area contributed by atoms with Crippen LogP contribution in [0.2, 0.25) is 0 Å². The topological polar surface area (TPSA) is 81.4 Å². The Morgan fingerprint density at radius 1 is 1.04 bits per heavy atom. The molecule has 2 saturated heterocycles. The Bertz CT molecular complexity index is 1550. The molecule has 3 aromatic rings. The van der Waals surface area contributed by atoms with Gasteiger partial charge in [-0.15, -0.1) is 0 Å². The molecule has 2 aliphatic rings. The van der Waals surface area contributed by atoms with Crippen molar-refractivity contribution in [1.82, 2.24) is 19.4 Å². The number of nitriles is 1. The maximum absolute atomic E-state index is 13.7. The van der Waals surface area contributed by atoms with Gasteiger partial charge in [-0.05, 0) is 88.9 Å². The first-order valence-electron chi connectivity index (χ1n) is 16.1. The average molecular weight is 636 g/mol. The molecule has 0 bridgehead atoms. The second-order valence-electron chi connectivity index (χ2n) is 12.8. The largest absolute Gasteiger partial charge is 0.406 e. The summed E-state index contributed by atoms with van der Waals surface area (Å²) in [6, 6.07) is 14.0. The number of hydrogen-bond acceptors (Lipinski definition) is 7. The second kappa shape index (κ2) is 14.8. The van der Waals surface area contributed by atoms with Crippen LogP contribution in [0.3, 0.4) is 0 Å². The van der Waals surface area contributed by atoms with E-state index < -0.39 is 18.1 Å². The molecule has 2 aliphatic heterocycles. The van der Waals surface area contributed by atoms with Crippen LogP contribution in [0.25, 0.3) is 10.9 Å². The third-order valence-corrected chi connectivity index (χ3v) is 9.14. The van der Waals surface area contributed by atoms with E-state index in [2.05, 4.69) is 43.3 Å². The molecular weight excluding hydrogens is 591 g/mol. The number of benzene rings is 1. The third-order valence-electron chi connectivity index (χ3n) is 9.14. The predicted molar refractivity (Wildman–Crippen MR) is 176 cm³/mol. The van der Waals surface area contributed by atoms with Gasteiger partial charge >= 0.3 is 6.18 Å². The zero-order valence-corrected chi connectivity index (χ0v) is 27.0. The lowest BCUT2D eigenvalue weighted by molar-refractivity contribution is -0.140. The Morgan fingerprint density at radius 3 is 2.46 bits per heavy atom. The molecule has 2 aromatic heterocycles. The normalized spacial score (nSPS) is 17.4. The van der Waals surface area contributed by atoms with Gasteiger partial charge in [0, 0.05) is 49.9 Å². The van der Waals surface area contributed by atoms with Crippen LogP contribution in [-0.2, 0) is 16.7 Å². The number of aromatic nitrogens is 2. The first-order chi connectivity index (χ1) is 22.1. The van der Waals surface area contributed by atoms with E-state index in [1.807, 2.05) is 18.2 Å². The van der Waals surface area contributed by atoms with Gasteiger partial charge < -0.3 is 29.7 Å². The van der Waals surface area contributed by atoms with Gasteiger partial charge in [-0.2, -0.15) is 18.4 Å². The smallest absolute Gasteiger partial charge is 0.383 e. The number of hydrogen-bond donors (Lipinski definition) is 2. The molecule has 0 aliphatic carbocycles. The van der Waals surface area contributed by atoms with Gasteiger partial charge in [0.1, 0.15) is 6.54 Å². The molecular formula is C35H44F3N7O. The number of methoxy groups -OCH3 is 1. The fourth-order valence-electron chi connectivity index (χ4n) is 6.43. The number of alkyl halides is 3. The molecule has 2 fully saturated rings. The SMILES string of the molecule is COCCN1CCC(N2CCC(Nc3cccc4c3cc(C#CCNc3ccc(C(C)(C)C#N)nc3)n4CC(F)(F)F)CC2)CC1. The Morgan fingerprint density at radius 2 is 1.80 bits per heavy atom. The minimum absolute atomic E-state index is 0.228. The molecule has 0 amide bonds. The number of halogens is 3. The van der Waals surface area contributed by atoms with Gasteiger partial charge in [0.2, 0.25) is 0 Å². The van der Waals surface area contributed by atoms with Crippen LogP contribution in [0, 0.1) is 23.2 Å². The number of nitrogens with zero attached hydrogens (tertiary/aromatic N) is 5. The van der Waals surface area contributed by atoms with Crippen molar-refractivity contribution in [3.8, 4) is 17.9 Å². The molecule has 1 aromatic carbocycles. The van der Waals surface area contributed by atoms with Crippen LogP contribution in [0.15, 0.2) is 42.6 Å². The second-order valence-corrected chi connectivity index (χ2v) is 12.8. The van der Waals surface area contributed by atoms with Crippen molar-refractivity contribution >= 4 is 22.3 Å². The number of fused-ring (bicyclic) bond motifs is 1. The van der Waals surface area contributed by atoms with Crippen molar-refractivity contribution in [3.63, 3.8) is 0 Å². The Balaban J connectivity index is 1.23. The molecule has 246 valence electrons. The first-order valence-corrected chi connectivity index (χ1v) is 16.1. The highest BCUT2D eigenvalue weighted by atomic mass is 19.4. The highest BCUT2D eigenvalue weighted by Gasteiger charge is 2.31. The number of pyridine rings is 1. The van der Waals surface area contributed by atoms with Gasteiger partial charge in [0.15, 0.2) is 0 Å². The molecule has 0 unspecified atom stereocenters. The molecule has 2 N–H and O–H groups in total. The van der Waals surface area contributed by atoms with Crippen molar-refractivity contribution < 1.29 is 17.9 Å². The maximum Gasteiger partial charge on any atom is 0.406 e. The molecule has 4 heterocycles. The number of rotatable bonds is 10. The quantitative estimate of drug-likeness (QED) is 0.271. The summed E-state index contributed by atoms with van der Waals surface area (Å²) in [7, 11) is 1.75. The summed E-state index contributed by atoms with van der Waals surface area (Å²) < 4.78 is 47.5. The summed E-state index contributed by atoms with van der Waals surface area (Å²) in [4.78, 5) is 9.45. The summed E-state index contributed by atoms with van der Waals surface area (Å²) in [6.45, 7) is 8.73. The van der Waals surface area contributed by atoms with Gasteiger partial charge in [-0.1, -0.05) is 12.0 Å². The van der Waals surface area contributed by atoms with Gasteiger partial charge in [-0.3, -0.25) is 4.98 Å².